The van der Waals surface area contributed by atoms with Gasteiger partial charge in [-0.05, 0) is 30.8 Å². The van der Waals surface area contributed by atoms with Crippen LogP contribution in [0.5, 0.6) is 0 Å². The number of aldehydes is 1. The zero-order chi connectivity index (χ0) is 12.7. The molecule has 17 heavy (non-hydrogen) atoms. The number of hydrogen-bond donors (Lipinski definition) is 0. The van der Waals surface area contributed by atoms with Crippen LogP contribution in [0.3, 0.4) is 0 Å². The van der Waals surface area contributed by atoms with Gasteiger partial charge in [-0.1, -0.05) is 40.0 Å². The molecule has 2 nitrogen and oxygen atoms in total. The number of carbonyl (C=O) groups excluding carboxylic acids is 1. The number of allylic oxidation sites excluding steroid dienone is 2. The first-order valence-corrected chi connectivity index (χ1v) is 6.90. The van der Waals surface area contributed by atoms with Crippen molar-refractivity contribution in [1.82, 2.24) is 0 Å². The minimum absolute atomic E-state index is 0.00537. The highest BCUT2D eigenvalue weighted by Crippen LogP contribution is 2.36. The van der Waals surface area contributed by atoms with E-state index in [0.717, 1.165) is 37.9 Å². The molecule has 1 aliphatic carbocycles. The normalized spacial score (nSPS) is 23.0. The fourth-order valence-electron chi connectivity index (χ4n) is 2.24. The second-order valence-electron chi connectivity index (χ2n) is 5.73. The minimum atomic E-state index is -0.00537. The van der Waals surface area contributed by atoms with Gasteiger partial charge in [0.25, 0.3) is 0 Å². The van der Waals surface area contributed by atoms with Crippen molar-refractivity contribution in [3.05, 3.63) is 11.8 Å². The summed E-state index contributed by atoms with van der Waals surface area (Å²) in [5.41, 5.74) is 0.179. The molecule has 0 aromatic heterocycles. The van der Waals surface area contributed by atoms with E-state index in [1.807, 2.05) is 0 Å². The van der Waals surface area contributed by atoms with Gasteiger partial charge in [0.2, 0.25) is 0 Å². The molecule has 1 rings (SSSR count). The van der Waals surface area contributed by atoms with Gasteiger partial charge in [-0.25, -0.2) is 0 Å². The van der Waals surface area contributed by atoms with Crippen molar-refractivity contribution >= 4 is 6.29 Å². The Bertz CT molecular complexity index is 266. The Kier molecular flexibility index (Phi) is 5.73. The topological polar surface area (TPSA) is 26.3 Å². The third kappa shape index (κ3) is 4.93. The molecule has 0 saturated heterocycles. The summed E-state index contributed by atoms with van der Waals surface area (Å²) < 4.78 is 5.80. The van der Waals surface area contributed by atoms with Crippen molar-refractivity contribution < 1.29 is 9.53 Å². The van der Waals surface area contributed by atoms with Crippen molar-refractivity contribution in [1.29, 1.82) is 0 Å². The minimum Gasteiger partial charge on any atom is -0.497 e. The average Bonchev–Trinajstić information content (AvgIpc) is 2.28. The van der Waals surface area contributed by atoms with E-state index in [1.54, 1.807) is 0 Å². The molecule has 0 heterocycles. The van der Waals surface area contributed by atoms with E-state index in [0.29, 0.717) is 0 Å². The van der Waals surface area contributed by atoms with E-state index in [2.05, 4.69) is 26.8 Å². The van der Waals surface area contributed by atoms with Gasteiger partial charge in [-0.3, -0.25) is 0 Å². The summed E-state index contributed by atoms with van der Waals surface area (Å²) in [5.74, 6) is 0.905. The molecule has 0 spiro atoms. The fraction of sp³-hybridized carbons (Fsp3) is 0.800. The quantitative estimate of drug-likeness (QED) is 0.493. The Morgan fingerprint density at radius 3 is 2.82 bits per heavy atom. The molecule has 0 N–H and O–H groups in total. The lowest BCUT2D eigenvalue weighted by Gasteiger charge is -2.30. The summed E-state index contributed by atoms with van der Waals surface area (Å²) in [4.78, 5) is 11.0. The SMILES string of the molecule is CCCCCCOC1=CC(C)(C)CCC1C=O. The van der Waals surface area contributed by atoms with Crippen LogP contribution < -0.4 is 0 Å². The van der Waals surface area contributed by atoms with Crippen LogP contribution in [0, 0.1) is 11.3 Å². The molecule has 0 bridgehead atoms. The molecule has 0 saturated carbocycles. The summed E-state index contributed by atoms with van der Waals surface area (Å²) in [7, 11) is 0. The Labute approximate surface area is 105 Å². The highest BCUT2D eigenvalue weighted by Gasteiger charge is 2.28. The molecular weight excluding hydrogens is 212 g/mol. The Morgan fingerprint density at radius 1 is 1.41 bits per heavy atom. The molecule has 98 valence electrons. The van der Waals surface area contributed by atoms with Crippen molar-refractivity contribution in [3.63, 3.8) is 0 Å². The van der Waals surface area contributed by atoms with Crippen LogP contribution in [-0.4, -0.2) is 12.9 Å². The molecule has 0 aliphatic heterocycles. The van der Waals surface area contributed by atoms with Crippen LogP contribution in [0.1, 0.15) is 59.3 Å². The Morgan fingerprint density at radius 2 is 2.18 bits per heavy atom. The number of carbonyl (C=O) groups is 1. The predicted molar refractivity (Wildman–Crippen MR) is 70.7 cm³/mol. The van der Waals surface area contributed by atoms with Gasteiger partial charge in [0.15, 0.2) is 0 Å². The van der Waals surface area contributed by atoms with Crippen molar-refractivity contribution in [2.75, 3.05) is 6.61 Å². The fourth-order valence-corrected chi connectivity index (χ4v) is 2.24. The number of unbranched alkanes of at least 4 members (excludes halogenated alkanes) is 3. The zero-order valence-corrected chi connectivity index (χ0v) is 11.5. The third-order valence-electron chi connectivity index (χ3n) is 3.43. The van der Waals surface area contributed by atoms with Crippen LogP contribution >= 0.6 is 0 Å². The summed E-state index contributed by atoms with van der Waals surface area (Å²) in [6.07, 6.45) is 10.0. The second-order valence-corrected chi connectivity index (χ2v) is 5.73. The van der Waals surface area contributed by atoms with Gasteiger partial charge in [-0.2, -0.15) is 0 Å². The first-order chi connectivity index (χ1) is 8.09. The van der Waals surface area contributed by atoms with E-state index in [1.165, 1.54) is 19.3 Å². The molecule has 0 aromatic carbocycles. The lowest BCUT2D eigenvalue weighted by Crippen LogP contribution is -2.22. The van der Waals surface area contributed by atoms with Gasteiger partial charge < -0.3 is 9.53 Å². The van der Waals surface area contributed by atoms with Gasteiger partial charge in [0, 0.05) is 0 Å². The molecule has 1 aliphatic rings. The first-order valence-electron chi connectivity index (χ1n) is 6.90. The smallest absolute Gasteiger partial charge is 0.130 e. The summed E-state index contributed by atoms with van der Waals surface area (Å²) >= 11 is 0. The maximum Gasteiger partial charge on any atom is 0.130 e. The van der Waals surface area contributed by atoms with E-state index < -0.39 is 0 Å². The maximum atomic E-state index is 11.0. The maximum absolute atomic E-state index is 11.0. The van der Waals surface area contributed by atoms with Gasteiger partial charge in [0.05, 0.1) is 12.5 Å². The van der Waals surface area contributed by atoms with E-state index in [4.69, 9.17) is 4.74 Å². The number of ether oxygens (including phenoxy) is 1. The molecule has 0 amide bonds. The van der Waals surface area contributed by atoms with Crippen LogP contribution in [-0.2, 0) is 9.53 Å². The van der Waals surface area contributed by atoms with E-state index >= 15 is 0 Å². The molecule has 1 atom stereocenters. The molecule has 0 aromatic rings. The van der Waals surface area contributed by atoms with Crippen LogP contribution in [0.2, 0.25) is 0 Å². The number of rotatable bonds is 7. The highest BCUT2D eigenvalue weighted by molar-refractivity contribution is 5.58. The first kappa shape index (κ1) is 14.3. The van der Waals surface area contributed by atoms with Crippen LogP contribution in [0.25, 0.3) is 0 Å². The molecule has 0 fully saturated rings. The van der Waals surface area contributed by atoms with Gasteiger partial charge in [-0.15, -0.1) is 0 Å². The lowest BCUT2D eigenvalue weighted by molar-refractivity contribution is -0.111. The standard InChI is InChI=1S/C15H26O2/c1-4-5-6-7-10-17-14-11-15(2,3)9-8-13(14)12-16/h11-13H,4-10H2,1-3H3. The Balaban J connectivity index is 2.42. The van der Waals surface area contributed by atoms with Gasteiger partial charge >= 0.3 is 0 Å². The monoisotopic (exact) mass is 238 g/mol. The summed E-state index contributed by atoms with van der Waals surface area (Å²) in [6, 6.07) is 0. The van der Waals surface area contributed by atoms with Crippen LogP contribution in [0.4, 0.5) is 0 Å². The van der Waals surface area contributed by atoms with Gasteiger partial charge in [0.1, 0.15) is 12.0 Å². The van der Waals surface area contributed by atoms with E-state index in [9.17, 15) is 4.79 Å². The predicted octanol–water partition coefficient (Wildman–Crippen LogP) is 4.10. The lowest BCUT2D eigenvalue weighted by atomic mass is 9.78. The highest BCUT2D eigenvalue weighted by atomic mass is 16.5. The zero-order valence-electron chi connectivity index (χ0n) is 11.5. The summed E-state index contributed by atoms with van der Waals surface area (Å²) in [5, 5.41) is 0. The second kappa shape index (κ2) is 6.83. The third-order valence-corrected chi connectivity index (χ3v) is 3.43. The van der Waals surface area contributed by atoms with Crippen molar-refractivity contribution in [2.45, 2.75) is 59.3 Å². The van der Waals surface area contributed by atoms with Crippen LogP contribution in [0.15, 0.2) is 11.8 Å². The molecule has 0 radical (unpaired) electrons. The van der Waals surface area contributed by atoms with Crippen molar-refractivity contribution in [3.8, 4) is 0 Å². The molecular formula is C15H26O2. The molecule has 2 heteroatoms. The Hall–Kier alpha value is -0.790. The van der Waals surface area contributed by atoms with E-state index in [-0.39, 0.29) is 11.3 Å². The summed E-state index contributed by atoms with van der Waals surface area (Å²) in [6.45, 7) is 7.37. The average molecular weight is 238 g/mol. The number of hydrogen-bond acceptors (Lipinski definition) is 2. The molecule has 1 unspecified atom stereocenters. The largest absolute Gasteiger partial charge is 0.497 e. The van der Waals surface area contributed by atoms with Crippen molar-refractivity contribution in [2.24, 2.45) is 11.3 Å².